The van der Waals surface area contributed by atoms with Crippen LogP contribution in [0.25, 0.3) is 0 Å². The molecule has 90 valence electrons. The lowest BCUT2D eigenvalue weighted by Gasteiger charge is -2.33. The highest BCUT2D eigenvalue weighted by Crippen LogP contribution is 2.49. The van der Waals surface area contributed by atoms with Crippen LogP contribution in [-0.4, -0.2) is 7.05 Å². The molecule has 0 radical (unpaired) electrons. The van der Waals surface area contributed by atoms with Crippen LogP contribution >= 0.6 is 27.3 Å². The Morgan fingerprint density at radius 3 is 2.50 bits per heavy atom. The molecule has 0 amide bonds. The average molecular weight is 302 g/mol. The van der Waals surface area contributed by atoms with E-state index in [1.807, 2.05) is 11.3 Å². The van der Waals surface area contributed by atoms with Gasteiger partial charge in [0.25, 0.3) is 0 Å². The molecule has 0 spiro atoms. The summed E-state index contributed by atoms with van der Waals surface area (Å²) in [5, 5.41) is 3.53. The van der Waals surface area contributed by atoms with Gasteiger partial charge in [0.2, 0.25) is 0 Å². The van der Waals surface area contributed by atoms with E-state index in [4.69, 9.17) is 0 Å². The van der Waals surface area contributed by atoms with Crippen LogP contribution in [-0.2, 0) is 0 Å². The number of rotatable bonds is 3. The minimum atomic E-state index is 0.450. The number of nitrogens with one attached hydrogen (secondary N) is 1. The third-order valence-electron chi connectivity index (χ3n) is 3.89. The topological polar surface area (TPSA) is 12.0 Å². The minimum Gasteiger partial charge on any atom is -0.312 e. The summed E-state index contributed by atoms with van der Waals surface area (Å²) in [4.78, 5) is 1.48. The van der Waals surface area contributed by atoms with E-state index in [9.17, 15) is 0 Å². The number of hydrogen-bond acceptors (Lipinski definition) is 2. The van der Waals surface area contributed by atoms with Gasteiger partial charge >= 0.3 is 0 Å². The molecule has 0 aliphatic heterocycles. The molecule has 1 atom stereocenters. The van der Waals surface area contributed by atoms with E-state index in [2.05, 4.69) is 48.2 Å². The molecule has 0 aromatic carbocycles. The number of hydrogen-bond donors (Lipinski definition) is 1. The highest BCUT2D eigenvalue weighted by atomic mass is 79.9. The minimum absolute atomic E-state index is 0.450. The Bertz CT molecular complexity index is 347. The summed E-state index contributed by atoms with van der Waals surface area (Å²) in [6.07, 6.45) is 5.49. The molecule has 16 heavy (non-hydrogen) atoms. The molecule has 1 aliphatic carbocycles. The van der Waals surface area contributed by atoms with Gasteiger partial charge in [-0.1, -0.05) is 19.8 Å². The van der Waals surface area contributed by atoms with Crippen LogP contribution in [0.3, 0.4) is 0 Å². The van der Waals surface area contributed by atoms with Crippen LogP contribution in [0.5, 0.6) is 0 Å². The van der Waals surface area contributed by atoms with Crippen molar-refractivity contribution in [1.29, 1.82) is 0 Å². The Balaban J connectivity index is 2.28. The summed E-state index contributed by atoms with van der Waals surface area (Å²) in [5.74, 6) is 0. The Kier molecular flexibility index (Phi) is 3.77. The van der Waals surface area contributed by atoms with Crippen molar-refractivity contribution in [3.63, 3.8) is 0 Å². The summed E-state index contributed by atoms with van der Waals surface area (Å²) in [5.41, 5.74) is 1.81. The molecule has 0 bridgehead atoms. The summed E-state index contributed by atoms with van der Waals surface area (Å²) in [7, 11) is 2.09. The van der Waals surface area contributed by atoms with E-state index < -0.39 is 0 Å². The molecule has 3 heteroatoms. The number of aryl methyl sites for hydroxylation is 1. The van der Waals surface area contributed by atoms with Crippen molar-refractivity contribution in [2.24, 2.45) is 5.41 Å². The predicted octanol–water partition coefficient (Wildman–Crippen LogP) is 4.66. The predicted molar refractivity (Wildman–Crippen MR) is 75.1 cm³/mol. The Morgan fingerprint density at radius 2 is 2.06 bits per heavy atom. The van der Waals surface area contributed by atoms with Crippen LogP contribution in [0.4, 0.5) is 0 Å². The summed E-state index contributed by atoms with van der Waals surface area (Å²) >= 11 is 5.52. The largest absolute Gasteiger partial charge is 0.312 e. The van der Waals surface area contributed by atoms with E-state index in [1.54, 1.807) is 0 Å². The summed E-state index contributed by atoms with van der Waals surface area (Å²) in [6, 6.07) is 2.85. The van der Waals surface area contributed by atoms with Gasteiger partial charge < -0.3 is 5.32 Å². The van der Waals surface area contributed by atoms with Gasteiger partial charge in [-0.2, -0.15) is 0 Å². The number of thiophene rings is 1. The average Bonchev–Trinajstić information content (AvgIpc) is 2.77. The maximum Gasteiger partial charge on any atom is 0.0731 e. The zero-order chi connectivity index (χ0) is 11.8. The Hall–Kier alpha value is 0.140. The van der Waals surface area contributed by atoms with Crippen LogP contribution in [0.1, 0.15) is 49.1 Å². The van der Waals surface area contributed by atoms with Crippen molar-refractivity contribution < 1.29 is 0 Å². The van der Waals surface area contributed by atoms with Gasteiger partial charge in [-0.05, 0) is 59.8 Å². The first-order valence-corrected chi connectivity index (χ1v) is 7.61. The van der Waals surface area contributed by atoms with Gasteiger partial charge in [-0.15, -0.1) is 11.3 Å². The molecule has 2 rings (SSSR count). The Morgan fingerprint density at radius 1 is 1.44 bits per heavy atom. The van der Waals surface area contributed by atoms with Gasteiger partial charge in [0.05, 0.1) is 3.79 Å². The van der Waals surface area contributed by atoms with E-state index >= 15 is 0 Å². The zero-order valence-corrected chi connectivity index (χ0v) is 12.7. The third kappa shape index (κ3) is 2.22. The zero-order valence-electron chi connectivity index (χ0n) is 10.3. The first kappa shape index (κ1) is 12.6. The fraction of sp³-hybridized carbons (Fsp3) is 0.692. The second-order valence-corrected chi connectivity index (χ2v) is 7.59. The normalized spacial score (nSPS) is 21.2. The van der Waals surface area contributed by atoms with Crippen LogP contribution in [0, 0.1) is 12.3 Å². The van der Waals surface area contributed by atoms with E-state index in [0.717, 1.165) is 0 Å². The quantitative estimate of drug-likeness (QED) is 0.856. The molecular formula is C13H20BrNS. The van der Waals surface area contributed by atoms with E-state index in [1.165, 1.54) is 39.9 Å². The van der Waals surface area contributed by atoms with Crippen molar-refractivity contribution >= 4 is 27.3 Å². The van der Waals surface area contributed by atoms with Crippen molar-refractivity contribution in [3.8, 4) is 0 Å². The maximum atomic E-state index is 3.63. The molecule has 1 saturated carbocycles. The van der Waals surface area contributed by atoms with Gasteiger partial charge in [0, 0.05) is 10.9 Å². The monoisotopic (exact) mass is 301 g/mol. The molecule has 1 nitrogen and oxygen atoms in total. The SMILES string of the molecule is CNC(c1cc(C)c(Br)s1)C1(C)CCCC1. The van der Waals surface area contributed by atoms with Gasteiger partial charge in [0.15, 0.2) is 0 Å². The van der Waals surface area contributed by atoms with Crippen molar-refractivity contribution in [2.75, 3.05) is 7.05 Å². The highest BCUT2D eigenvalue weighted by molar-refractivity contribution is 9.11. The van der Waals surface area contributed by atoms with Crippen molar-refractivity contribution in [3.05, 3.63) is 20.3 Å². The lowest BCUT2D eigenvalue weighted by molar-refractivity contribution is 0.237. The fourth-order valence-corrected chi connectivity index (χ4v) is 4.79. The van der Waals surface area contributed by atoms with Crippen LogP contribution < -0.4 is 5.32 Å². The van der Waals surface area contributed by atoms with Gasteiger partial charge in [0.1, 0.15) is 0 Å². The molecular weight excluding hydrogens is 282 g/mol. The molecule has 0 saturated heterocycles. The smallest absolute Gasteiger partial charge is 0.0731 e. The molecule has 1 heterocycles. The third-order valence-corrected chi connectivity index (χ3v) is 6.09. The highest BCUT2D eigenvalue weighted by Gasteiger charge is 2.37. The molecule has 1 N–H and O–H groups in total. The molecule has 1 aromatic heterocycles. The summed E-state index contributed by atoms with van der Waals surface area (Å²) in [6.45, 7) is 4.61. The van der Waals surface area contributed by atoms with Gasteiger partial charge in [-0.3, -0.25) is 0 Å². The summed E-state index contributed by atoms with van der Waals surface area (Å²) < 4.78 is 1.28. The lowest BCUT2D eigenvalue weighted by Crippen LogP contribution is -2.31. The van der Waals surface area contributed by atoms with Crippen molar-refractivity contribution in [1.82, 2.24) is 5.32 Å². The molecule has 1 fully saturated rings. The lowest BCUT2D eigenvalue weighted by atomic mass is 9.80. The van der Waals surface area contributed by atoms with E-state index in [-0.39, 0.29) is 0 Å². The molecule has 1 unspecified atom stereocenters. The molecule has 1 aromatic rings. The first-order valence-electron chi connectivity index (χ1n) is 6.00. The van der Waals surface area contributed by atoms with Crippen LogP contribution in [0.15, 0.2) is 9.85 Å². The fourth-order valence-electron chi connectivity index (χ4n) is 2.93. The standard InChI is InChI=1S/C13H20BrNS/c1-9-8-10(16-12(9)14)11(15-3)13(2)6-4-5-7-13/h8,11,15H,4-7H2,1-3H3. The van der Waals surface area contributed by atoms with Crippen LogP contribution in [0.2, 0.25) is 0 Å². The second-order valence-electron chi connectivity index (χ2n) is 5.19. The first-order chi connectivity index (χ1) is 7.57. The number of halogens is 1. The van der Waals surface area contributed by atoms with Gasteiger partial charge in [-0.25, -0.2) is 0 Å². The maximum absolute atomic E-state index is 3.63. The molecule has 1 aliphatic rings. The van der Waals surface area contributed by atoms with E-state index in [0.29, 0.717) is 11.5 Å². The Labute approximate surface area is 111 Å². The second kappa shape index (κ2) is 4.79. The van der Waals surface area contributed by atoms with Crippen molar-refractivity contribution in [2.45, 2.75) is 45.6 Å².